The largest absolute Gasteiger partial charge is 0.404 e. The van der Waals surface area contributed by atoms with Crippen LogP contribution in [-0.2, 0) is 6.61 Å². The molecule has 0 bridgehead atoms. The monoisotopic (exact) mass is 292 g/mol. The highest BCUT2D eigenvalue weighted by molar-refractivity contribution is 5.77. The first-order valence-corrected chi connectivity index (χ1v) is 7.02. The zero-order valence-electron chi connectivity index (χ0n) is 12.3. The van der Waals surface area contributed by atoms with E-state index >= 15 is 0 Å². The van der Waals surface area contributed by atoms with Crippen molar-refractivity contribution in [3.63, 3.8) is 0 Å². The molecule has 0 spiro atoms. The lowest BCUT2D eigenvalue weighted by Gasteiger charge is -2.12. The second-order valence-electron chi connectivity index (χ2n) is 4.99. The van der Waals surface area contributed by atoms with Gasteiger partial charge in [0.2, 0.25) is 0 Å². The maximum absolute atomic E-state index is 12.5. The van der Waals surface area contributed by atoms with E-state index in [4.69, 9.17) is 4.84 Å². The fourth-order valence-corrected chi connectivity index (χ4v) is 2.27. The van der Waals surface area contributed by atoms with E-state index in [-0.39, 0.29) is 5.56 Å². The summed E-state index contributed by atoms with van der Waals surface area (Å²) in [6, 6.07) is 15.1. The molecular weight excluding hydrogens is 276 g/mol. The highest BCUT2D eigenvalue weighted by Gasteiger charge is 2.08. The zero-order chi connectivity index (χ0) is 15.5. The van der Waals surface area contributed by atoms with Gasteiger partial charge in [-0.1, -0.05) is 49.1 Å². The minimum absolute atomic E-state index is 0.189. The van der Waals surface area contributed by atoms with Crippen molar-refractivity contribution in [3.05, 3.63) is 82.4 Å². The molecule has 0 atom stereocenters. The highest BCUT2D eigenvalue weighted by atomic mass is 16.7. The number of hydrogen-bond donors (Lipinski definition) is 0. The van der Waals surface area contributed by atoms with Crippen LogP contribution >= 0.6 is 0 Å². The molecular formula is C18H16N2O2. The minimum atomic E-state index is -0.189. The van der Waals surface area contributed by atoms with E-state index in [1.54, 1.807) is 19.1 Å². The number of para-hydroxylation sites is 1. The van der Waals surface area contributed by atoms with E-state index in [0.717, 1.165) is 11.1 Å². The fraction of sp³-hybridized carbons (Fsp3) is 0.111. The van der Waals surface area contributed by atoms with Crippen LogP contribution in [0.5, 0.6) is 0 Å². The predicted molar refractivity (Wildman–Crippen MR) is 87.6 cm³/mol. The highest BCUT2D eigenvalue weighted by Crippen LogP contribution is 2.08. The third kappa shape index (κ3) is 2.63. The summed E-state index contributed by atoms with van der Waals surface area (Å²) >= 11 is 0. The summed E-state index contributed by atoms with van der Waals surface area (Å²) in [6.45, 7) is 5.78. The lowest BCUT2D eigenvalue weighted by molar-refractivity contribution is 0.0831. The Morgan fingerprint density at radius 1 is 1.18 bits per heavy atom. The Morgan fingerprint density at radius 2 is 1.91 bits per heavy atom. The van der Waals surface area contributed by atoms with Crippen molar-refractivity contribution in [2.24, 2.45) is 0 Å². The standard InChI is InChI=1S/C18H16N2O2/c1-3-14-8-10-15(11-9-14)12-22-20-13(2)19-17-7-5-4-6-16(17)18(20)21/h3-11H,1,12H2,2H3. The number of aromatic nitrogens is 2. The molecule has 0 saturated carbocycles. The van der Waals surface area contributed by atoms with Crippen LogP contribution in [0.1, 0.15) is 17.0 Å². The van der Waals surface area contributed by atoms with E-state index in [9.17, 15) is 4.79 Å². The van der Waals surface area contributed by atoms with Crippen LogP contribution in [0.3, 0.4) is 0 Å². The maximum Gasteiger partial charge on any atom is 0.294 e. The van der Waals surface area contributed by atoms with Crippen LogP contribution in [0, 0.1) is 6.92 Å². The van der Waals surface area contributed by atoms with Gasteiger partial charge >= 0.3 is 0 Å². The van der Waals surface area contributed by atoms with Gasteiger partial charge in [-0.25, -0.2) is 4.98 Å². The molecule has 0 unspecified atom stereocenters. The first kappa shape index (κ1) is 14.1. The van der Waals surface area contributed by atoms with Crippen molar-refractivity contribution in [3.8, 4) is 0 Å². The summed E-state index contributed by atoms with van der Waals surface area (Å²) in [5.74, 6) is 0.534. The molecule has 3 rings (SSSR count). The molecule has 0 fully saturated rings. The number of aryl methyl sites for hydroxylation is 1. The first-order chi connectivity index (χ1) is 10.7. The molecule has 110 valence electrons. The van der Waals surface area contributed by atoms with Gasteiger partial charge in [-0.2, -0.15) is 0 Å². The van der Waals surface area contributed by atoms with Crippen LogP contribution in [0.2, 0.25) is 0 Å². The Balaban J connectivity index is 1.90. The average molecular weight is 292 g/mol. The van der Waals surface area contributed by atoms with E-state index in [0.29, 0.717) is 23.3 Å². The summed E-state index contributed by atoms with van der Waals surface area (Å²) in [4.78, 5) is 22.5. The minimum Gasteiger partial charge on any atom is -0.404 e. The Kier molecular flexibility index (Phi) is 3.74. The Hall–Kier alpha value is -2.88. The van der Waals surface area contributed by atoms with E-state index in [2.05, 4.69) is 11.6 Å². The zero-order valence-corrected chi connectivity index (χ0v) is 12.3. The smallest absolute Gasteiger partial charge is 0.294 e. The van der Waals surface area contributed by atoms with Gasteiger partial charge in [0.25, 0.3) is 5.56 Å². The average Bonchev–Trinajstić information content (AvgIpc) is 2.55. The quantitative estimate of drug-likeness (QED) is 0.742. The van der Waals surface area contributed by atoms with Crippen LogP contribution in [-0.4, -0.2) is 9.71 Å². The molecule has 3 aromatic rings. The molecule has 0 N–H and O–H groups in total. The van der Waals surface area contributed by atoms with Crippen molar-refractivity contribution in [2.45, 2.75) is 13.5 Å². The van der Waals surface area contributed by atoms with Gasteiger partial charge in [-0.05, 0) is 30.2 Å². The molecule has 1 aromatic heterocycles. The molecule has 0 saturated heterocycles. The topological polar surface area (TPSA) is 44.1 Å². The van der Waals surface area contributed by atoms with Gasteiger partial charge in [0.15, 0.2) is 0 Å². The van der Waals surface area contributed by atoms with Gasteiger partial charge in [0.1, 0.15) is 12.4 Å². The van der Waals surface area contributed by atoms with Crippen LogP contribution < -0.4 is 10.4 Å². The molecule has 0 aliphatic rings. The van der Waals surface area contributed by atoms with Crippen molar-refractivity contribution in [1.82, 2.24) is 9.71 Å². The fourth-order valence-electron chi connectivity index (χ4n) is 2.27. The van der Waals surface area contributed by atoms with Gasteiger partial charge in [0.05, 0.1) is 10.9 Å². The van der Waals surface area contributed by atoms with Crippen molar-refractivity contribution in [2.75, 3.05) is 0 Å². The molecule has 4 heteroatoms. The van der Waals surface area contributed by atoms with Crippen molar-refractivity contribution < 1.29 is 4.84 Å². The molecule has 2 aromatic carbocycles. The predicted octanol–water partition coefficient (Wildman–Crippen LogP) is 2.98. The number of benzene rings is 2. The number of hydrogen-bond acceptors (Lipinski definition) is 3. The molecule has 4 nitrogen and oxygen atoms in total. The molecule has 0 aliphatic carbocycles. The Labute approximate surface area is 128 Å². The third-order valence-corrected chi connectivity index (χ3v) is 3.47. The van der Waals surface area contributed by atoms with Gasteiger partial charge in [0, 0.05) is 0 Å². The number of rotatable bonds is 4. The van der Waals surface area contributed by atoms with E-state index < -0.39 is 0 Å². The SMILES string of the molecule is C=Cc1ccc(COn2c(C)nc3ccccc3c2=O)cc1. The number of nitrogens with zero attached hydrogens (tertiary/aromatic N) is 2. The first-order valence-electron chi connectivity index (χ1n) is 7.02. The Morgan fingerprint density at radius 3 is 2.64 bits per heavy atom. The molecule has 0 amide bonds. The van der Waals surface area contributed by atoms with Gasteiger partial charge in [-0.3, -0.25) is 4.79 Å². The van der Waals surface area contributed by atoms with Gasteiger partial charge < -0.3 is 4.84 Å². The second-order valence-corrected chi connectivity index (χ2v) is 4.99. The summed E-state index contributed by atoms with van der Waals surface area (Å²) in [5.41, 5.74) is 2.51. The summed E-state index contributed by atoms with van der Waals surface area (Å²) in [5, 5.41) is 0.551. The lowest BCUT2D eigenvalue weighted by Crippen LogP contribution is -2.29. The maximum atomic E-state index is 12.5. The summed E-state index contributed by atoms with van der Waals surface area (Å²) < 4.78 is 1.25. The van der Waals surface area contributed by atoms with E-state index in [1.807, 2.05) is 42.5 Å². The van der Waals surface area contributed by atoms with Crippen LogP contribution in [0.4, 0.5) is 0 Å². The molecule has 1 heterocycles. The van der Waals surface area contributed by atoms with E-state index in [1.165, 1.54) is 4.73 Å². The van der Waals surface area contributed by atoms with Crippen molar-refractivity contribution in [1.29, 1.82) is 0 Å². The summed E-state index contributed by atoms with van der Waals surface area (Å²) in [7, 11) is 0. The summed E-state index contributed by atoms with van der Waals surface area (Å²) in [6.07, 6.45) is 1.78. The van der Waals surface area contributed by atoms with Crippen LogP contribution in [0.25, 0.3) is 17.0 Å². The van der Waals surface area contributed by atoms with Gasteiger partial charge in [-0.15, -0.1) is 4.73 Å². The number of fused-ring (bicyclic) bond motifs is 1. The normalized spacial score (nSPS) is 10.6. The van der Waals surface area contributed by atoms with Crippen molar-refractivity contribution >= 4 is 17.0 Å². The van der Waals surface area contributed by atoms with Crippen LogP contribution in [0.15, 0.2) is 59.9 Å². The molecule has 0 radical (unpaired) electrons. The third-order valence-electron chi connectivity index (χ3n) is 3.47. The second kappa shape index (κ2) is 5.85. The lowest BCUT2D eigenvalue weighted by atomic mass is 10.1. The Bertz CT molecular complexity index is 880. The molecule has 22 heavy (non-hydrogen) atoms. The molecule has 0 aliphatic heterocycles.